The number of nitrogens with zero attached hydrogens (tertiary/aromatic N) is 1. The molecule has 5 heteroatoms. The van der Waals surface area contributed by atoms with E-state index in [0.29, 0.717) is 17.3 Å². The van der Waals surface area contributed by atoms with Crippen molar-refractivity contribution in [3.8, 4) is 0 Å². The van der Waals surface area contributed by atoms with Gasteiger partial charge in [0.15, 0.2) is 0 Å². The monoisotopic (exact) mass is 317 g/mol. The van der Waals surface area contributed by atoms with Gasteiger partial charge in [-0.3, -0.25) is 9.59 Å². The van der Waals surface area contributed by atoms with Crippen LogP contribution >= 0.6 is 0 Å². The number of hydrogen-bond acceptors (Lipinski definition) is 3. The van der Waals surface area contributed by atoms with Crippen molar-refractivity contribution in [1.82, 2.24) is 4.90 Å². The summed E-state index contributed by atoms with van der Waals surface area (Å²) in [7, 11) is 0. The Morgan fingerprint density at radius 3 is 2.43 bits per heavy atom. The van der Waals surface area contributed by atoms with Crippen molar-refractivity contribution < 1.29 is 9.59 Å². The van der Waals surface area contributed by atoms with Crippen molar-refractivity contribution in [2.75, 3.05) is 11.9 Å². The molecule has 0 aromatic heterocycles. The quantitative estimate of drug-likeness (QED) is 0.896. The molecule has 1 aliphatic heterocycles. The molecule has 1 aromatic carbocycles. The fourth-order valence-electron chi connectivity index (χ4n) is 2.79. The Bertz CT molecular complexity index is 554. The standard InChI is InChI=1S/C18H27N3O2/c1-12(2)16(19)17(22)20-15-9-7-14(8-10-15)18(23)21-11-5-4-6-13(21)3/h7-10,12-13,16H,4-6,11,19H2,1-3H3,(H,20,22)/t13?,16-/m0/s1. The van der Waals surface area contributed by atoms with Crippen molar-refractivity contribution in [3.63, 3.8) is 0 Å². The number of carbonyl (C=O) groups excluding carboxylic acids is 2. The second kappa shape index (κ2) is 7.59. The van der Waals surface area contributed by atoms with Gasteiger partial charge in [0.2, 0.25) is 5.91 Å². The van der Waals surface area contributed by atoms with Crippen LogP contribution in [0.4, 0.5) is 5.69 Å². The average molecular weight is 317 g/mol. The minimum absolute atomic E-state index is 0.0639. The van der Waals surface area contributed by atoms with E-state index in [1.807, 2.05) is 18.7 Å². The van der Waals surface area contributed by atoms with Gasteiger partial charge in [0.05, 0.1) is 6.04 Å². The molecule has 3 N–H and O–H groups in total. The topological polar surface area (TPSA) is 75.4 Å². The van der Waals surface area contributed by atoms with E-state index in [9.17, 15) is 9.59 Å². The summed E-state index contributed by atoms with van der Waals surface area (Å²) < 4.78 is 0. The third-order valence-corrected chi connectivity index (χ3v) is 4.48. The van der Waals surface area contributed by atoms with Crippen LogP contribution in [0, 0.1) is 5.92 Å². The molecule has 1 unspecified atom stereocenters. The van der Waals surface area contributed by atoms with Gasteiger partial charge in [-0.15, -0.1) is 0 Å². The summed E-state index contributed by atoms with van der Waals surface area (Å²) in [5, 5.41) is 2.79. The predicted molar refractivity (Wildman–Crippen MR) is 92.2 cm³/mol. The van der Waals surface area contributed by atoms with Crippen molar-refractivity contribution >= 4 is 17.5 Å². The number of piperidine rings is 1. The number of hydrogen-bond donors (Lipinski definition) is 2. The highest BCUT2D eigenvalue weighted by molar-refractivity contribution is 5.97. The molecule has 0 bridgehead atoms. The molecular formula is C18H27N3O2. The van der Waals surface area contributed by atoms with Gasteiger partial charge in [0, 0.05) is 23.8 Å². The number of amides is 2. The van der Waals surface area contributed by atoms with Crippen LogP contribution in [-0.2, 0) is 4.79 Å². The first-order valence-electron chi connectivity index (χ1n) is 8.37. The number of benzene rings is 1. The Balaban J connectivity index is 2.01. The zero-order chi connectivity index (χ0) is 17.0. The smallest absolute Gasteiger partial charge is 0.254 e. The molecule has 2 amide bonds. The lowest BCUT2D eigenvalue weighted by Crippen LogP contribution is -2.42. The molecular weight excluding hydrogens is 290 g/mol. The van der Waals surface area contributed by atoms with Gasteiger partial charge in [0.25, 0.3) is 5.91 Å². The molecule has 2 atom stereocenters. The van der Waals surface area contributed by atoms with Gasteiger partial charge >= 0.3 is 0 Å². The molecule has 0 radical (unpaired) electrons. The molecule has 1 saturated heterocycles. The van der Waals surface area contributed by atoms with Gasteiger partial charge in [-0.1, -0.05) is 13.8 Å². The van der Waals surface area contributed by atoms with E-state index < -0.39 is 6.04 Å². The molecule has 1 aromatic rings. The molecule has 2 rings (SSSR count). The molecule has 23 heavy (non-hydrogen) atoms. The summed E-state index contributed by atoms with van der Waals surface area (Å²) in [5.74, 6) is -0.0610. The van der Waals surface area contributed by atoms with Crippen LogP contribution in [0.2, 0.25) is 0 Å². The van der Waals surface area contributed by atoms with Crippen molar-refractivity contribution in [2.45, 2.75) is 52.1 Å². The molecule has 0 spiro atoms. The SMILES string of the molecule is CC(C)[C@H](N)C(=O)Nc1ccc(C(=O)N2CCCCC2C)cc1. The van der Waals surface area contributed by atoms with Crippen LogP contribution in [0.15, 0.2) is 24.3 Å². The molecule has 0 aliphatic carbocycles. The molecule has 1 aliphatic rings. The zero-order valence-corrected chi connectivity index (χ0v) is 14.2. The minimum Gasteiger partial charge on any atom is -0.336 e. The van der Waals surface area contributed by atoms with Crippen LogP contribution in [0.25, 0.3) is 0 Å². The predicted octanol–water partition coefficient (Wildman–Crippen LogP) is 2.62. The molecule has 1 fully saturated rings. The highest BCUT2D eigenvalue weighted by Gasteiger charge is 2.24. The second-order valence-corrected chi connectivity index (χ2v) is 6.68. The van der Waals surface area contributed by atoms with E-state index in [4.69, 9.17) is 5.73 Å². The highest BCUT2D eigenvalue weighted by atomic mass is 16.2. The summed E-state index contributed by atoms with van der Waals surface area (Å²) in [6.45, 7) is 6.73. The van der Waals surface area contributed by atoms with Crippen LogP contribution in [0.5, 0.6) is 0 Å². The lowest BCUT2D eigenvalue weighted by atomic mass is 10.0. The van der Waals surface area contributed by atoms with Gasteiger partial charge in [0.1, 0.15) is 0 Å². The summed E-state index contributed by atoms with van der Waals surface area (Å²) in [5.41, 5.74) is 7.14. The first-order valence-corrected chi connectivity index (χ1v) is 8.37. The number of nitrogens with two attached hydrogens (primary N) is 1. The maximum atomic E-state index is 12.6. The van der Waals surface area contributed by atoms with Crippen molar-refractivity contribution in [3.05, 3.63) is 29.8 Å². The van der Waals surface area contributed by atoms with Crippen molar-refractivity contribution in [1.29, 1.82) is 0 Å². The Morgan fingerprint density at radius 2 is 1.87 bits per heavy atom. The number of rotatable bonds is 4. The van der Waals surface area contributed by atoms with E-state index in [1.54, 1.807) is 24.3 Å². The Kier molecular flexibility index (Phi) is 5.77. The first-order chi connectivity index (χ1) is 10.9. The minimum atomic E-state index is -0.537. The normalized spacial score (nSPS) is 19.5. The largest absolute Gasteiger partial charge is 0.336 e. The molecule has 126 valence electrons. The number of carbonyl (C=O) groups is 2. The van der Waals surface area contributed by atoms with Gasteiger partial charge in [-0.25, -0.2) is 0 Å². The lowest BCUT2D eigenvalue weighted by molar-refractivity contribution is -0.118. The molecule has 5 nitrogen and oxygen atoms in total. The fourth-order valence-corrected chi connectivity index (χ4v) is 2.79. The van der Waals surface area contributed by atoms with Crippen LogP contribution in [0.3, 0.4) is 0 Å². The van der Waals surface area contributed by atoms with Gasteiger partial charge < -0.3 is 16.0 Å². The third kappa shape index (κ3) is 4.32. The van der Waals surface area contributed by atoms with E-state index in [2.05, 4.69) is 12.2 Å². The van der Waals surface area contributed by atoms with Gasteiger partial charge in [-0.2, -0.15) is 0 Å². The summed E-state index contributed by atoms with van der Waals surface area (Å²) >= 11 is 0. The first kappa shape index (κ1) is 17.5. The van der Waals surface area contributed by atoms with Crippen LogP contribution in [0.1, 0.15) is 50.4 Å². The van der Waals surface area contributed by atoms with Gasteiger partial charge in [-0.05, 0) is 56.4 Å². The Morgan fingerprint density at radius 1 is 1.22 bits per heavy atom. The maximum absolute atomic E-state index is 12.6. The fraction of sp³-hybridized carbons (Fsp3) is 0.556. The van der Waals surface area contributed by atoms with E-state index in [-0.39, 0.29) is 17.7 Å². The number of nitrogens with one attached hydrogen (secondary N) is 1. The maximum Gasteiger partial charge on any atom is 0.254 e. The molecule has 0 saturated carbocycles. The van der Waals surface area contributed by atoms with E-state index in [1.165, 1.54) is 6.42 Å². The van der Waals surface area contributed by atoms with Crippen LogP contribution in [-0.4, -0.2) is 35.3 Å². The van der Waals surface area contributed by atoms with Crippen molar-refractivity contribution in [2.24, 2.45) is 11.7 Å². The Labute approximate surface area is 138 Å². The number of likely N-dealkylation sites (tertiary alicyclic amines) is 1. The van der Waals surface area contributed by atoms with Crippen LogP contribution < -0.4 is 11.1 Å². The van der Waals surface area contributed by atoms with E-state index in [0.717, 1.165) is 19.4 Å². The highest BCUT2D eigenvalue weighted by Crippen LogP contribution is 2.20. The third-order valence-electron chi connectivity index (χ3n) is 4.48. The Hall–Kier alpha value is -1.88. The zero-order valence-electron chi connectivity index (χ0n) is 14.2. The summed E-state index contributed by atoms with van der Waals surface area (Å²) in [4.78, 5) is 26.4. The summed E-state index contributed by atoms with van der Waals surface area (Å²) in [6, 6.07) is 6.80. The number of anilines is 1. The molecule has 1 heterocycles. The average Bonchev–Trinajstić information content (AvgIpc) is 2.54. The lowest BCUT2D eigenvalue weighted by Gasteiger charge is -2.33. The second-order valence-electron chi connectivity index (χ2n) is 6.68. The van der Waals surface area contributed by atoms with E-state index >= 15 is 0 Å². The summed E-state index contributed by atoms with van der Waals surface area (Å²) in [6.07, 6.45) is 3.32.